The van der Waals surface area contributed by atoms with Crippen molar-refractivity contribution in [2.45, 2.75) is 25.7 Å². The van der Waals surface area contributed by atoms with Crippen molar-refractivity contribution in [3.05, 3.63) is 53.3 Å². The van der Waals surface area contributed by atoms with E-state index in [1.807, 2.05) is 0 Å². The van der Waals surface area contributed by atoms with E-state index in [1.165, 1.54) is 12.1 Å². The second-order valence-corrected chi connectivity index (χ2v) is 8.13. The van der Waals surface area contributed by atoms with Crippen LogP contribution in [0.1, 0.15) is 25.7 Å². The lowest BCUT2D eigenvalue weighted by molar-refractivity contribution is -0.142. The molecule has 0 radical (unpaired) electrons. The number of hydrogen-bond acceptors (Lipinski definition) is 4. The SMILES string of the molecule is O=C(O)COCC1CCC(COC(=O)Nc2ccc(-c3ccc(Cl)c(F)c3)cc2)CC1. The molecule has 0 spiro atoms. The number of amides is 1. The summed E-state index contributed by atoms with van der Waals surface area (Å²) in [5.74, 6) is -0.783. The first-order valence-electron chi connectivity index (χ1n) is 10.2. The number of carbonyl (C=O) groups excluding carboxylic acids is 1. The molecular formula is C23H25ClFNO5. The molecule has 1 fully saturated rings. The van der Waals surface area contributed by atoms with Crippen molar-refractivity contribution in [2.75, 3.05) is 25.1 Å². The Hall–Kier alpha value is -2.64. The van der Waals surface area contributed by atoms with E-state index >= 15 is 0 Å². The van der Waals surface area contributed by atoms with Crippen LogP contribution in [0.15, 0.2) is 42.5 Å². The monoisotopic (exact) mass is 449 g/mol. The van der Waals surface area contributed by atoms with E-state index in [4.69, 9.17) is 26.2 Å². The first kappa shape index (κ1) is 23.0. The first-order valence-corrected chi connectivity index (χ1v) is 10.6. The molecule has 6 nitrogen and oxygen atoms in total. The zero-order valence-electron chi connectivity index (χ0n) is 17.0. The van der Waals surface area contributed by atoms with Crippen LogP contribution in [-0.4, -0.2) is 37.0 Å². The van der Waals surface area contributed by atoms with Gasteiger partial charge >= 0.3 is 12.1 Å². The minimum absolute atomic E-state index is 0.0739. The Morgan fingerprint density at radius 3 is 2.23 bits per heavy atom. The lowest BCUT2D eigenvalue weighted by atomic mass is 9.83. The van der Waals surface area contributed by atoms with Crippen molar-refractivity contribution < 1.29 is 28.6 Å². The fraction of sp³-hybridized carbons (Fsp3) is 0.391. The third-order valence-corrected chi connectivity index (χ3v) is 5.69. The van der Waals surface area contributed by atoms with Crippen LogP contribution in [-0.2, 0) is 14.3 Å². The van der Waals surface area contributed by atoms with Gasteiger partial charge in [-0.25, -0.2) is 14.0 Å². The Morgan fingerprint density at radius 1 is 1.00 bits per heavy atom. The van der Waals surface area contributed by atoms with Crippen molar-refractivity contribution in [1.82, 2.24) is 0 Å². The number of carboxylic acid groups (broad SMARTS) is 1. The summed E-state index contributed by atoms with van der Waals surface area (Å²) in [5, 5.41) is 11.4. The van der Waals surface area contributed by atoms with Crippen molar-refractivity contribution in [2.24, 2.45) is 11.8 Å². The van der Waals surface area contributed by atoms with Gasteiger partial charge in [-0.3, -0.25) is 5.32 Å². The highest BCUT2D eigenvalue weighted by molar-refractivity contribution is 6.30. The molecule has 1 aliphatic carbocycles. The third-order valence-electron chi connectivity index (χ3n) is 5.38. The summed E-state index contributed by atoms with van der Waals surface area (Å²) in [6.07, 6.45) is 3.18. The molecule has 0 aromatic heterocycles. The highest BCUT2D eigenvalue weighted by atomic mass is 35.5. The van der Waals surface area contributed by atoms with E-state index < -0.39 is 17.9 Å². The van der Waals surface area contributed by atoms with Crippen LogP contribution < -0.4 is 5.32 Å². The number of halogens is 2. The molecule has 166 valence electrons. The Bertz CT molecular complexity index is 897. The van der Waals surface area contributed by atoms with Crippen LogP contribution in [0, 0.1) is 17.7 Å². The second-order valence-electron chi connectivity index (χ2n) is 7.73. The van der Waals surface area contributed by atoms with Gasteiger partial charge in [0.15, 0.2) is 0 Å². The van der Waals surface area contributed by atoms with E-state index in [1.54, 1.807) is 30.3 Å². The molecule has 2 aromatic rings. The van der Waals surface area contributed by atoms with Gasteiger partial charge in [-0.2, -0.15) is 0 Å². The number of benzene rings is 2. The largest absolute Gasteiger partial charge is 0.480 e. The van der Waals surface area contributed by atoms with Gasteiger partial charge in [0.25, 0.3) is 0 Å². The highest BCUT2D eigenvalue weighted by Gasteiger charge is 2.22. The molecule has 2 aromatic carbocycles. The van der Waals surface area contributed by atoms with Crippen LogP contribution in [0.4, 0.5) is 14.9 Å². The molecule has 0 saturated heterocycles. The minimum atomic E-state index is -0.957. The zero-order valence-corrected chi connectivity index (χ0v) is 17.7. The molecule has 8 heteroatoms. The quantitative estimate of drug-likeness (QED) is 0.547. The Kier molecular flexibility index (Phi) is 8.26. The maximum atomic E-state index is 13.6. The summed E-state index contributed by atoms with van der Waals surface area (Å²) in [6, 6.07) is 11.6. The van der Waals surface area contributed by atoms with Crippen LogP contribution in [0.5, 0.6) is 0 Å². The van der Waals surface area contributed by atoms with Crippen LogP contribution in [0.25, 0.3) is 11.1 Å². The number of rotatable bonds is 8. The molecular weight excluding hydrogens is 425 g/mol. The fourth-order valence-corrected chi connectivity index (χ4v) is 3.76. The lowest BCUT2D eigenvalue weighted by Gasteiger charge is -2.27. The number of carbonyl (C=O) groups is 2. The van der Waals surface area contributed by atoms with Gasteiger partial charge in [0.05, 0.1) is 18.2 Å². The number of anilines is 1. The van der Waals surface area contributed by atoms with E-state index in [0.29, 0.717) is 36.3 Å². The van der Waals surface area contributed by atoms with Gasteiger partial charge in [0, 0.05) is 5.69 Å². The van der Waals surface area contributed by atoms with Gasteiger partial charge in [-0.05, 0) is 72.9 Å². The predicted molar refractivity (Wildman–Crippen MR) is 116 cm³/mol. The molecule has 0 atom stereocenters. The summed E-state index contributed by atoms with van der Waals surface area (Å²) in [5.41, 5.74) is 2.08. The first-order chi connectivity index (χ1) is 14.9. The van der Waals surface area contributed by atoms with Crippen molar-refractivity contribution in [1.29, 1.82) is 0 Å². The number of carboxylic acids is 1. The lowest BCUT2D eigenvalue weighted by Crippen LogP contribution is -2.25. The highest BCUT2D eigenvalue weighted by Crippen LogP contribution is 2.29. The molecule has 0 unspecified atom stereocenters. The van der Waals surface area contributed by atoms with Gasteiger partial charge in [-0.15, -0.1) is 0 Å². The second kappa shape index (κ2) is 11.1. The summed E-state index contributed by atoms with van der Waals surface area (Å²) in [6.45, 7) is 0.538. The average molecular weight is 450 g/mol. The molecule has 0 heterocycles. The maximum Gasteiger partial charge on any atom is 0.411 e. The number of hydrogen-bond donors (Lipinski definition) is 2. The number of aliphatic carboxylic acids is 1. The van der Waals surface area contributed by atoms with E-state index in [0.717, 1.165) is 31.2 Å². The summed E-state index contributed by atoms with van der Waals surface area (Å²) in [7, 11) is 0. The Balaban J connectivity index is 1.39. The average Bonchev–Trinajstić information content (AvgIpc) is 2.75. The zero-order chi connectivity index (χ0) is 22.2. The fourth-order valence-electron chi connectivity index (χ4n) is 3.65. The molecule has 0 bridgehead atoms. The summed E-state index contributed by atoms with van der Waals surface area (Å²) < 4.78 is 24.1. The molecule has 1 amide bonds. The molecule has 1 aliphatic rings. The van der Waals surface area contributed by atoms with Crippen molar-refractivity contribution in [3.8, 4) is 11.1 Å². The van der Waals surface area contributed by atoms with Crippen molar-refractivity contribution in [3.63, 3.8) is 0 Å². The van der Waals surface area contributed by atoms with Gasteiger partial charge in [-0.1, -0.05) is 29.8 Å². The molecule has 1 saturated carbocycles. The van der Waals surface area contributed by atoms with Gasteiger partial charge < -0.3 is 14.6 Å². The van der Waals surface area contributed by atoms with E-state index in [2.05, 4.69) is 5.32 Å². The molecule has 0 aliphatic heterocycles. The minimum Gasteiger partial charge on any atom is -0.480 e. The van der Waals surface area contributed by atoms with E-state index in [-0.39, 0.29) is 11.6 Å². The van der Waals surface area contributed by atoms with Crippen LogP contribution in [0.2, 0.25) is 5.02 Å². The third kappa shape index (κ3) is 7.22. The summed E-state index contributed by atoms with van der Waals surface area (Å²) >= 11 is 5.71. The molecule has 3 rings (SSSR count). The Labute approximate surface area is 185 Å². The predicted octanol–water partition coefficient (Wildman–Crippen LogP) is 5.60. The topological polar surface area (TPSA) is 84.9 Å². The number of nitrogens with one attached hydrogen (secondary N) is 1. The normalized spacial score (nSPS) is 18.4. The summed E-state index contributed by atoms with van der Waals surface area (Å²) in [4.78, 5) is 22.6. The Morgan fingerprint density at radius 2 is 1.61 bits per heavy atom. The van der Waals surface area contributed by atoms with Crippen LogP contribution >= 0.6 is 11.6 Å². The molecule has 31 heavy (non-hydrogen) atoms. The van der Waals surface area contributed by atoms with Gasteiger partial charge in [0.1, 0.15) is 12.4 Å². The van der Waals surface area contributed by atoms with Gasteiger partial charge in [0.2, 0.25) is 0 Å². The number of ether oxygens (including phenoxy) is 2. The molecule has 2 N–H and O–H groups in total. The smallest absolute Gasteiger partial charge is 0.411 e. The van der Waals surface area contributed by atoms with Crippen LogP contribution in [0.3, 0.4) is 0 Å². The van der Waals surface area contributed by atoms with E-state index in [9.17, 15) is 14.0 Å². The maximum absolute atomic E-state index is 13.6. The standard InChI is InChI=1S/C23H25ClFNO5/c24-20-10-7-18(11-21(20)25)17-5-8-19(9-6-17)26-23(29)31-13-16-3-1-15(2-4-16)12-30-14-22(27)28/h5-11,15-16H,1-4,12-14H2,(H,26,29)(H,27,28). The van der Waals surface area contributed by atoms with Crippen molar-refractivity contribution >= 4 is 29.4 Å².